The van der Waals surface area contributed by atoms with Crippen LogP contribution in [0, 0.1) is 0 Å². The quantitative estimate of drug-likeness (QED) is 0.380. The molecular weight excluding hydrogens is 326 g/mol. The van der Waals surface area contributed by atoms with Crippen molar-refractivity contribution >= 4 is 28.2 Å². The van der Waals surface area contributed by atoms with Crippen LogP contribution in [0.1, 0.15) is 22.6 Å². The number of rotatable bonds is 1. The summed E-state index contributed by atoms with van der Waals surface area (Å²) in [4.78, 5) is 2.51. The molecule has 4 aromatic rings. The van der Waals surface area contributed by atoms with Crippen LogP contribution < -0.4 is 4.90 Å². The standard InChI is InChI=1S/C26H19N/c1-2-10-20(11-3-1)27-23-16-14-18-8-4-6-12-21(18)25(23)26-22-13-7-5-9-19(22)15-17-24(26)27/h1-17,23,25H. The van der Waals surface area contributed by atoms with E-state index in [-0.39, 0.29) is 0 Å². The molecule has 0 saturated heterocycles. The topological polar surface area (TPSA) is 3.24 Å². The molecule has 0 amide bonds. The van der Waals surface area contributed by atoms with Crippen LogP contribution in [0.3, 0.4) is 0 Å². The summed E-state index contributed by atoms with van der Waals surface area (Å²) >= 11 is 0. The zero-order valence-electron chi connectivity index (χ0n) is 14.9. The molecule has 0 radical (unpaired) electrons. The zero-order chi connectivity index (χ0) is 17.8. The Balaban J connectivity index is 1.69. The molecule has 2 aliphatic rings. The fraction of sp³-hybridized carbons (Fsp3) is 0.0769. The van der Waals surface area contributed by atoms with Gasteiger partial charge in [0.2, 0.25) is 0 Å². The third-order valence-corrected chi connectivity index (χ3v) is 6.00. The van der Waals surface area contributed by atoms with E-state index >= 15 is 0 Å². The molecular formula is C26H19N. The second-order valence-electron chi connectivity index (χ2n) is 7.38. The smallest absolute Gasteiger partial charge is 0.0636 e. The molecule has 1 heteroatoms. The number of para-hydroxylation sites is 1. The van der Waals surface area contributed by atoms with Crippen LogP contribution in [0.5, 0.6) is 0 Å². The molecule has 1 aliphatic carbocycles. The second kappa shape index (κ2) is 5.59. The molecule has 1 nitrogen and oxygen atoms in total. The van der Waals surface area contributed by atoms with Gasteiger partial charge in [-0.3, -0.25) is 0 Å². The lowest BCUT2D eigenvalue weighted by molar-refractivity contribution is 0.727. The molecule has 4 aromatic carbocycles. The first-order valence-corrected chi connectivity index (χ1v) is 9.55. The first-order valence-electron chi connectivity index (χ1n) is 9.55. The molecule has 2 atom stereocenters. The average Bonchev–Trinajstić information content (AvgIpc) is 3.09. The first-order chi connectivity index (χ1) is 13.4. The monoisotopic (exact) mass is 345 g/mol. The van der Waals surface area contributed by atoms with Crippen LogP contribution in [0.2, 0.25) is 0 Å². The minimum Gasteiger partial charge on any atom is -0.333 e. The molecule has 6 rings (SSSR count). The van der Waals surface area contributed by atoms with Crippen LogP contribution in [-0.4, -0.2) is 6.04 Å². The van der Waals surface area contributed by atoms with Crippen LogP contribution in [0.15, 0.2) is 97.1 Å². The lowest BCUT2D eigenvalue weighted by Gasteiger charge is -2.31. The minimum absolute atomic E-state index is 0.308. The third kappa shape index (κ3) is 2.06. The predicted octanol–water partition coefficient (Wildman–Crippen LogP) is 6.52. The van der Waals surface area contributed by atoms with Gasteiger partial charge in [-0.2, -0.15) is 0 Å². The fourth-order valence-corrected chi connectivity index (χ4v) is 4.89. The van der Waals surface area contributed by atoms with Gasteiger partial charge in [0.25, 0.3) is 0 Å². The molecule has 0 aromatic heterocycles. The number of benzene rings is 4. The Bertz CT molecular complexity index is 1190. The maximum absolute atomic E-state index is 2.51. The number of hydrogen-bond donors (Lipinski definition) is 0. The van der Waals surface area contributed by atoms with Crippen molar-refractivity contribution in [2.45, 2.75) is 12.0 Å². The van der Waals surface area contributed by atoms with Gasteiger partial charge in [-0.15, -0.1) is 0 Å². The highest BCUT2D eigenvalue weighted by atomic mass is 15.2. The van der Waals surface area contributed by atoms with Crippen molar-refractivity contribution in [2.75, 3.05) is 4.90 Å². The number of anilines is 2. The Morgan fingerprint density at radius 1 is 0.667 bits per heavy atom. The van der Waals surface area contributed by atoms with E-state index in [4.69, 9.17) is 0 Å². The van der Waals surface area contributed by atoms with E-state index in [9.17, 15) is 0 Å². The molecule has 1 heterocycles. The molecule has 128 valence electrons. The van der Waals surface area contributed by atoms with E-state index in [1.165, 1.54) is 38.8 Å². The van der Waals surface area contributed by atoms with Crippen molar-refractivity contribution in [3.63, 3.8) is 0 Å². The summed E-state index contributed by atoms with van der Waals surface area (Å²) in [7, 11) is 0. The van der Waals surface area contributed by atoms with Crippen molar-refractivity contribution in [2.24, 2.45) is 0 Å². The van der Waals surface area contributed by atoms with Gasteiger partial charge < -0.3 is 4.90 Å². The minimum atomic E-state index is 0.308. The maximum Gasteiger partial charge on any atom is 0.0636 e. The predicted molar refractivity (Wildman–Crippen MR) is 114 cm³/mol. The molecule has 0 bridgehead atoms. The van der Waals surface area contributed by atoms with Crippen molar-refractivity contribution in [1.82, 2.24) is 0 Å². The molecule has 0 fully saturated rings. The highest BCUT2D eigenvalue weighted by molar-refractivity contribution is 5.96. The summed E-state index contributed by atoms with van der Waals surface area (Å²) < 4.78 is 0. The van der Waals surface area contributed by atoms with Gasteiger partial charge in [0.05, 0.1) is 6.04 Å². The van der Waals surface area contributed by atoms with Gasteiger partial charge in [0.1, 0.15) is 0 Å². The number of hydrogen-bond acceptors (Lipinski definition) is 1. The SMILES string of the molecule is C1=CC2C(c3ccccc31)c1c(ccc3ccccc13)N2c1ccccc1. The first kappa shape index (κ1) is 14.8. The summed E-state index contributed by atoms with van der Waals surface area (Å²) in [5.74, 6) is 0.354. The van der Waals surface area contributed by atoms with E-state index in [2.05, 4.69) is 108 Å². The molecule has 0 saturated carbocycles. The Labute approximate surface area is 159 Å². The highest BCUT2D eigenvalue weighted by Gasteiger charge is 2.41. The Kier molecular flexibility index (Phi) is 3.06. The van der Waals surface area contributed by atoms with Gasteiger partial charge in [-0.1, -0.05) is 84.9 Å². The summed E-state index contributed by atoms with van der Waals surface area (Å²) in [6.07, 6.45) is 4.68. The molecule has 0 spiro atoms. The van der Waals surface area contributed by atoms with Crippen molar-refractivity contribution in [3.8, 4) is 0 Å². The third-order valence-electron chi connectivity index (χ3n) is 6.00. The van der Waals surface area contributed by atoms with Crippen LogP contribution in [0.25, 0.3) is 16.8 Å². The van der Waals surface area contributed by atoms with Gasteiger partial charge >= 0.3 is 0 Å². The van der Waals surface area contributed by atoms with Crippen molar-refractivity contribution < 1.29 is 0 Å². The second-order valence-corrected chi connectivity index (χ2v) is 7.38. The average molecular weight is 345 g/mol. The van der Waals surface area contributed by atoms with E-state index in [0.717, 1.165) is 0 Å². The molecule has 0 N–H and O–H groups in total. The van der Waals surface area contributed by atoms with Crippen LogP contribution in [0.4, 0.5) is 11.4 Å². The number of fused-ring (bicyclic) bond motifs is 7. The lowest BCUT2D eigenvalue weighted by Crippen LogP contribution is -2.30. The van der Waals surface area contributed by atoms with E-state index in [0.29, 0.717) is 12.0 Å². The summed E-state index contributed by atoms with van der Waals surface area (Å²) in [6.45, 7) is 0. The van der Waals surface area contributed by atoms with Gasteiger partial charge in [-0.05, 0) is 45.7 Å². The van der Waals surface area contributed by atoms with Crippen molar-refractivity contribution in [3.05, 3.63) is 114 Å². The number of nitrogens with zero attached hydrogens (tertiary/aromatic N) is 1. The van der Waals surface area contributed by atoms with E-state index in [1.54, 1.807) is 0 Å². The highest BCUT2D eigenvalue weighted by Crippen LogP contribution is 2.53. The Morgan fingerprint density at radius 2 is 1.44 bits per heavy atom. The Hall–Kier alpha value is -3.32. The van der Waals surface area contributed by atoms with E-state index < -0.39 is 0 Å². The normalized spacial score (nSPS) is 19.6. The summed E-state index contributed by atoms with van der Waals surface area (Å²) in [5.41, 5.74) is 6.81. The lowest BCUT2D eigenvalue weighted by atomic mass is 9.80. The molecule has 2 unspecified atom stereocenters. The van der Waals surface area contributed by atoms with Crippen molar-refractivity contribution in [1.29, 1.82) is 0 Å². The Morgan fingerprint density at radius 3 is 2.37 bits per heavy atom. The molecule has 1 aliphatic heterocycles. The van der Waals surface area contributed by atoms with Gasteiger partial charge in [0.15, 0.2) is 0 Å². The molecule has 27 heavy (non-hydrogen) atoms. The van der Waals surface area contributed by atoms with Crippen LogP contribution >= 0.6 is 0 Å². The van der Waals surface area contributed by atoms with Gasteiger partial charge in [-0.25, -0.2) is 0 Å². The summed E-state index contributed by atoms with van der Waals surface area (Å²) in [5, 5.41) is 2.69. The fourth-order valence-electron chi connectivity index (χ4n) is 4.89. The summed E-state index contributed by atoms with van der Waals surface area (Å²) in [6, 6.07) is 33.3. The van der Waals surface area contributed by atoms with E-state index in [1.807, 2.05) is 0 Å². The van der Waals surface area contributed by atoms with Crippen LogP contribution in [-0.2, 0) is 0 Å². The van der Waals surface area contributed by atoms with Gasteiger partial charge in [0, 0.05) is 17.3 Å². The largest absolute Gasteiger partial charge is 0.333 e. The zero-order valence-corrected chi connectivity index (χ0v) is 14.9. The maximum atomic E-state index is 2.51.